The topological polar surface area (TPSA) is 107 Å². The molecule has 220 valence electrons. The van der Waals surface area contributed by atoms with Gasteiger partial charge in [-0.1, -0.05) is 25.3 Å². The fourth-order valence-corrected chi connectivity index (χ4v) is 7.72. The van der Waals surface area contributed by atoms with Crippen molar-refractivity contribution in [1.82, 2.24) is 9.88 Å². The van der Waals surface area contributed by atoms with E-state index in [4.69, 9.17) is 14.5 Å². The Kier molecular flexibility index (Phi) is 7.23. The average Bonchev–Trinajstić information content (AvgIpc) is 3.77. The number of aromatic hydroxyl groups is 1. The van der Waals surface area contributed by atoms with Crippen LogP contribution in [0.3, 0.4) is 0 Å². The van der Waals surface area contributed by atoms with E-state index in [0.717, 1.165) is 60.4 Å². The summed E-state index contributed by atoms with van der Waals surface area (Å²) in [6.07, 6.45) is 6.78. The summed E-state index contributed by atoms with van der Waals surface area (Å²) in [6.45, 7) is 4.01. The quantitative estimate of drug-likeness (QED) is 0.325. The van der Waals surface area contributed by atoms with E-state index in [9.17, 15) is 14.7 Å². The van der Waals surface area contributed by atoms with Gasteiger partial charge in [0.15, 0.2) is 5.88 Å². The number of fused-ring (bicyclic) bond motifs is 3. The van der Waals surface area contributed by atoms with Crippen LogP contribution in [0, 0.1) is 17.8 Å². The number of nitrogens with zero attached hydrogens (tertiary/aromatic N) is 3. The van der Waals surface area contributed by atoms with E-state index < -0.39 is 5.97 Å². The van der Waals surface area contributed by atoms with Crippen LogP contribution in [-0.4, -0.2) is 79.1 Å². The molecule has 1 saturated heterocycles. The minimum Gasteiger partial charge on any atom is -0.494 e. The first kappa shape index (κ1) is 27.2. The number of carbonyl (C=O) groups excluding carboxylic acids is 2. The van der Waals surface area contributed by atoms with Crippen molar-refractivity contribution in [3.8, 4) is 5.88 Å². The lowest BCUT2D eigenvalue weighted by Crippen LogP contribution is -2.44. The van der Waals surface area contributed by atoms with E-state index in [1.165, 1.54) is 26.4 Å². The van der Waals surface area contributed by atoms with Crippen molar-refractivity contribution in [3.05, 3.63) is 53.1 Å². The summed E-state index contributed by atoms with van der Waals surface area (Å²) in [5.41, 5.74) is 5.65. The monoisotopic (exact) mass is 570 g/mol. The number of esters is 1. The Bertz CT molecular complexity index is 1540. The predicted octanol–water partition coefficient (Wildman–Crippen LogP) is 4.83. The molecular weight excluding hydrogens is 532 g/mol. The maximum Gasteiger partial charge on any atom is 0.337 e. The van der Waals surface area contributed by atoms with Gasteiger partial charge in [0.25, 0.3) is 0 Å². The zero-order valence-electron chi connectivity index (χ0n) is 24.1. The molecule has 3 aromatic rings. The zero-order valence-corrected chi connectivity index (χ0v) is 24.1. The van der Waals surface area contributed by atoms with Gasteiger partial charge in [0.1, 0.15) is 0 Å². The van der Waals surface area contributed by atoms with Gasteiger partial charge in [-0.25, -0.2) is 4.79 Å². The molecule has 2 aliphatic carbocycles. The van der Waals surface area contributed by atoms with Crippen molar-refractivity contribution in [1.29, 1.82) is 0 Å². The van der Waals surface area contributed by atoms with Gasteiger partial charge in [0, 0.05) is 42.1 Å². The summed E-state index contributed by atoms with van der Waals surface area (Å²) in [5, 5.41) is 12.1. The van der Waals surface area contributed by atoms with E-state index in [2.05, 4.69) is 16.0 Å². The molecule has 2 N–H and O–H groups in total. The average molecular weight is 571 g/mol. The molecule has 3 fully saturated rings. The molecule has 42 heavy (non-hydrogen) atoms. The molecule has 0 radical (unpaired) electrons. The Labute approximate surface area is 245 Å². The molecule has 9 nitrogen and oxygen atoms in total. The number of aliphatic imine (C=N–C) groups is 1. The zero-order chi connectivity index (χ0) is 28.8. The fourth-order valence-electron chi connectivity index (χ4n) is 7.72. The maximum absolute atomic E-state index is 13.2. The normalized spacial score (nSPS) is 24.3. The second kappa shape index (κ2) is 11.2. The van der Waals surface area contributed by atoms with E-state index >= 15 is 0 Å². The number of carbonyl (C=O) groups is 2. The maximum atomic E-state index is 13.2. The second-order valence-corrected chi connectivity index (χ2v) is 12.2. The Morgan fingerprint density at radius 3 is 2.62 bits per heavy atom. The predicted molar refractivity (Wildman–Crippen MR) is 161 cm³/mol. The van der Waals surface area contributed by atoms with Crippen molar-refractivity contribution in [2.45, 2.75) is 38.5 Å². The number of hydrogen-bond donors (Lipinski definition) is 2. The van der Waals surface area contributed by atoms with Crippen LogP contribution in [0.2, 0.25) is 0 Å². The minimum atomic E-state index is -0.416. The van der Waals surface area contributed by atoms with Crippen LogP contribution in [-0.2, 0) is 20.7 Å². The molecular formula is C33H38N4O5. The van der Waals surface area contributed by atoms with Crippen molar-refractivity contribution in [3.63, 3.8) is 0 Å². The molecule has 3 heterocycles. The molecule has 0 spiro atoms. The Morgan fingerprint density at radius 2 is 1.86 bits per heavy atom. The van der Waals surface area contributed by atoms with Gasteiger partial charge in [-0.05, 0) is 67.0 Å². The Hall–Kier alpha value is -3.69. The third-order valence-corrected chi connectivity index (χ3v) is 9.81. The summed E-state index contributed by atoms with van der Waals surface area (Å²) < 4.78 is 10.3. The number of aromatic nitrogens is 1. The molecule has 1 amide bonds. The summed E-state index contributed by atoms with van der Waals surface area (Å²) in [5.74, 6) is 1.45. The fraction of sp³-hybridized carbons (Fsp3) is 0.485. The number of nitrogens with one attached hydrogen (secondary N) is 1. The standard InChI is InChI=1S/C33H38N4O5/c1-41-33(40)23-5-7-26-27(18-23)35-32(39)30(26)31(24-15-20-3-2-4-21(20)16-24)34-25-6-8-28-22(17-25)9-10-37(28)29(38)19-36-11-13-42-14-12-36/h5-8,17-18,20-21,24,35,39H,2-4,9-16,19H2,1H3. The van der Waals surface area contributed by atoms with Crippen LogP contribution in [0.4, 0.5) is 11.4 Å². The molecule has 2 aliphatic heterocycles. The lowest BCUT2D eigenvalue weighted by molar-refractivity contribution is -0.120. The van der Waals surface area contributed by atoms with Crippen LogP contribution in [0.5, 0.6) is 5.88 Å². The number of amides is 1. The van der Waals surface area contributed by atoms with Crippen molar-refractivity contribution >= 4 is 39.9 Å². The van der Waals surface area contributed by atoms with E-state index in [1.54, 1.807) is 12.1 Å². The van der Waals surface area contributed by atoms with Crippen molar-refractivity contribution < 1.29 is 24.2 Å². The minimum absolute atomic E-state index is 0.0730. The van der Waals surface area contributed by atoms with Crippen LogP contribution >= 0.6 is 0 Å². The molecule has 9 heteroatoms. The molecule has 2 saturated carbocycles. The molecule has 0 bridgehead atoms. The van der Waals surface area contributed by atoms with Gasteiger partial charge in [-0.3, -0.25) is 14.7 Å². The van der Waals surface area contributed by atoms with E-state index in [1.807, 2.05) is 23.1 Å². The van der Waals surface area contributed by atoms with Crippen LogP contribution in [0.25, 0.3) is 10.9 Å². The number of methoxy groups -OCH3 is 1. The second-order valence-electron chi connectivity index (χ2n) is 12.2. The molecule has 2 aromatic carbocycles. The van der Waals surface area contributed by atoms with Gasteiger partial charge in [-0.15, -0.1) is 0 Å². The Balaban J connectivity index is 1.22. The first-order valence-electron chi connectivity index (χ1n) is 15.2. The molecule has 1 aromatic heterocycles. The molecule has 7 rings (SSSR count). The number of aromatic amines is 1. The van der Waals surface area contributed by atoms with Crippen LogP contribution in [0.15, 0.2) is 41.4 Å². The molecule has 2 atom stereocenters. The first-order valence-corrected chi connectivity index (χ1v) is 15.2. The summed E-state index contributed by atoms with van der Waals surface area (Å²) in [7, 11) is 1.36. The van der Waals surface area contributed by atoms with Crippen molar-refractivity contribution in [2.24, 2.45) is 22.7 Å². The van der Waals surface area contributed by atoms with Gasteiger partial charge < -0.3 is 24.5 Å². The summed E-state index contributed by atoms with van der Waals surface area (Å²) >= 11 is 0. The summed E-state index contributed by atoms with van der Waals surface area (Å²) in [6, 6.07) is 11.5. The molecule has 2 unspecified atom stereocenters. The van der Waals surface area contributed by atoms with Crippen LogP contribution in [0.1, 0.15) is 53.6 Å². The number of anilines is 1. The number of H-pyrrole nitrogens is 1. The first-order chi connectivity index (χ1) is 20.5. The summed E-state index contributed by atoms with van der Waals surface area (Å²) in [4.78, 5) is 37.7. The highest BCUT2D eigenvalue weighted by Gasteiger charge is 2.40. The number of ether oxygens (including phenoxy) is 2. The lowest BCUT2D eigenvalue weighted by Gasteiger charge is -2.28. The smallest absolute Gasteiger partial charge is 0.337 e. The van der Waals surface area contributed by atoms with Gasteiger partial charge in [0.2, 0.25) is 5.91 Å². The number of hydrogen-bond acceptors (Lipinski definition) is 7. The van der Waals surface area contributed by atoms with E-state index in [-0.39, 0.29) is 17.7 Å². The largest absolute Gasteiger partial charge is 0.494 e. The van der Waals surface area contributed by atoms with Crippen molar-refractivity contribution in [2.75, 3.05) is 51.4 Å². The SMILES string of the molecule is COC(=O)c1ccc2c(C(=Nc3ccc4c(c3)CCN4C(=O)CN3CCOCC3)C3CC4CCCC4C3)c(O)[nH]c2c1. The number of benzene rings is 2. The highest BCUT2D eigenvalue weighted by Crippen LogP contribution is 2.49. The number of morpholine rings is 1. The lowest BCUT2D eigenvalue weighted by atomic mass is 9.91. The third-order valence-electron chi connectivity index (χ3n) is 9.81. The van der Waals surface area contributed by atoms with E-state index in [0.29, 0.717) is 54.8 Å². The Morgan fingerprint density at radius 1 is 1.07 bits per heavy atom. The highest BCUT2D eigenvalue weighted by atomic mass is 16.5. The third kappa shape index (κ3) is 4.98. The number of rotatable bonds is 6. The van der Waals surface area contributed by atoms with Gasteiger partial charge in [0.05, 0.1) is 49.4 Å². The van der Waals surface area contributed by atoms with Gasteiger partial charge in [-0.2, -0.15) is 0 Å². The highest BCUT2D eigenvalue weighted by molar-refractivity contribution is 6.15. The molecule has 4 aliphatic rings. The van der Waals surface area contributed by atoms with Crippen LogP contribution < -0.4 is 4.90 Å². The van der Waals surface area contributed by atoms with Gasteiger partial charge >= 0.3 is 5.97 Å².